The standard InChI is InChI=1S/C29H22N6O2S/c1-35-24-15-20(11-13-21-9-5-6-10-22(21)17-30)12-14-25(24)37-18-23(29(35)38)31-28(36)27-32-26(33-34-27)16-19-7-3-2-4-8-19/h2-10,12,14-15,23H,16,18H2,1H3,(H,31,36)(H,32,33,34)/t23-/m0/s1. The first-order chi connectivity index (χ1) is 18.5. The number of nitrogens with one attached hydrogen (secondary N) is 2. The maximum Gasteiger partial charge on any atom is 0.291 e. The molecule has 4 aromatic rings. The highest BCUT2D eigenvalue weighted by Gasteiger charge is 2.29. The number of amides is 1. The smallest absolute Gasteiger partial charge is 0.291 e. The molecule has 0 saturated heterocycles. The molecule has 3 aromatic carbocycles. The van der Waals surface area contributed by atoms with Crippen LogP contribution in [0.15, 0.2) is 72.8 Å². The van der Waals surface area contributed by atoms with Crippen molar-refractivity contribution in [3.05, 3.63) is 107 Å². The van der Waals surface area contributed by atoms with Gasteiger partial charge in [-0.1, -0.05) is 66.5 Å². The Morgan fingerprint density at radius 2 is 1.89 bits per heavy atom. The predicted molar refractivity (Wildman–Crippen MR) is 147 cm³/mol. The van der Waals surface area contributed by atoms with E-state index in [1.54, 1.807) is 17.0 Å². The molecule has 1 aliphatic rings. The first-order valence-corrected chi connectivity index (χ1v) is 12.2. The number of carbonyl (C=O) groups is 1. The molecule has 0 bridgehead atoms. The average molecular weight is 519 g/mol. The van der Waals surface area contributed by atoms with Crippen molar-refractivity contribution < 1.29 is 9.53 Å². The van der Waals surface area contributed by atoms with Crippen LogP contribution in [-0.2, 0) is 6.42 Å². The average Bonchev–Trinajstić information content (AvgIpc) is 3.38. The maximum absolute atomic E-state index is 12.9. The zero-order valence-electron chi connectivity index (χ0n) is 20.4. The minimum Gasteiger partial charge on any atom is -0.489 e. The lowest BCUT2D eigenvalue weighted by atomic mass is 10.1. The molecule has 2 N–H and O–H groups in total. The molecule has 1 aliphatic heterocycles. The Morgan fingerprint density at radius 3 is 2.68 bits per heavy atom. The van der Waals surface area contributed by atoms with Crippen LogP contribution in [0, 0.1) is 23.2 Å². The summed E-state index contributed by atoms with van der Waals surface area (Å²) < 4.78 is 5.99. The van der Waals surface area contributed by atoms with Gasteiger partial charge in [0.15, 0.2) is 0 Å². The normalized spacial score (nSPS) is 14.3. The van der Waals surface area contributed by atoms with Crippen LogP contribution >= 0.6 is 12.2 Å². The molecule has 0 saturated carbocycles. The van der Waals surface area contributed by atoms with E-state index in [4.69, 9.17) is 17.0 Å². The number of nitriles is 1. The van der Waals surface area contributed by atoms with E-state index in [1.165, 1.54) is 0 Å². The Bertz CT molecular complexity index is 1610. The SMILES string of the molecule is CN1C(=S)[C@@H](NC(=O)c2n[nH]c(Cc3ccccc3)n2)COc2ccc(C#Cc3ccccc3C#N)cc21. The van der Waals surface area contributed by atoms with E-state index >= 15 is 0 Å². The van der Waals surface area contributed by atoms with Crippen molar-refractivity contribution >= 4 is 28.8 Å². The zero-order valence-corrected chi connectivity index (χ0v) is 21.2. The third-order valence-electron chi connectivity index (χ3n) is 6.00. The Kier molecular flexibility index (Phi) is 7.12. The molecule has 9 heteroatoms. The third kappa shape index (κ3) is 5.39. The molecule has 186 valence electrons. The maximum atomic E-state index is 12.9. The number of fused-ring (bicyclic) bond motifs is 1. The minimum atomic E-state index is -0.567. The number of anilines is 1. The highest BCUT2D eigenvalue weighted by molar-refractivity contribution is 7.80. The number of ether oxygens (including phenoxy) is 1. The molecular weight excluding hydrogens is 496 g/mol. The number of nitrogens with zero attached hydrogens (tertiary/aromatic N) is 4. The zero-order chi connectivity index (χ0) is 26.5. The summed E-state index contributed by atoms with van der Waals surface area (Å²) in [7, 11) is 1.82. The van der Waals surface area contributed by atoms with Gasteiger partial charge >= 0.3 is 0 Å². The summed E-state index contributed by atoms with van der Waals surface area (Å²) in [4.78, 5) is 19.5. The van der Waals surface area contributed by atoms with Crippen molar-refractivity contribution in [2.24, 2.45) is 0 Å². The second-order valence-electron chi connectivity index (χ2n) is 8.59. The monoisotopic (exact) mass is 518 g/mol. The van der Waals surface area contributed by atoms with Gasteiger partial charge in [0.1, 0.15) is 35.3 Å². The number of benzene rings is 3. The largest absolute Gasteiger partial charge is 0.489 e. The predicted octanol–water partition coefficient (Wildman–Crippen LogP) is 3.62. The molecule has 0 unspecified atom stereocenters. The summed E-state index contributed by atoms with van der Waals surface area (Å²) in [6, 6.07) is 24.1. The van der Waals surface area contributed by atoms with E-state index in [9.17, 15) is 10.1 Å². The van der Waals surface area contributed by atoms with Gasteiger partial charge in [0.2, 0.25) is 5.82 Å². The Balaban J connectivity index is 1.29. The number of aromatic nitrogens is 3. The molecule has 5 rings (SSSR count). The Labute approximate surface area is 225 Å². The molecule has 1 atom stereocenters. The van der Waals surface area contributed by atoms with Crippen LogP contribution in [0.1, 0.15) is 38.7 Å². The fourth-order valence-electron chi connectivity index (χ4n) is 4.00. The lowest BCUT2D eigenvalue weighted by molar-refractivity contribution is 0.0927. The molecule has 0 fully saturated rings. The van der Waals surface area contributed by atoms with E-state index in [0.29, 0.717) is 34.1 Å². The molecule has 0 aliphatic carbocycles. The Morgan fingerprint density at radius 1 is 1.13 bits per heavy atom. The Hall–Kier alpha value is -4.99. The van der Waals surface area contributed by atoms with Crippen molar-refractivity contribution in [1.82, 2.24) is 20.5 Å². The van der Waals surface area contributed by atoms with Gasteiger partial charge < -0.3 is 15.0 Å². The fraction of sp³-hybridized carbons (Fsp3) is 0.138. The third-order valence-corrected chi connectivity index (χ3v) is 6.56. The van der Waals surface area contributed by atoms with Crippen LogP contribution in [0.25, 0.3) is 0 Å². The highest BCUT2D eigenvalue weighted by Crippen LogP contribution is 2.32. The number of likely N-dealkylation sites (N-methyl/N-ethyl adjacent to an activating group) is 1. The van der Waals surface area contributed by atoms with E-state index in [-0.39, 0.29) is 12.4 Å². The quantitative estimate of drug-likeness (QED) is 0.314. The van der Waals surface area contributed by atoms with E-state index in [1.807, 2.05) is 67.7 Å². The van der Waals surface area contributed by atoms with Gasteiger partial charge in [-0.05, 0) is 35.9 Å². The van der Waals surface area contributed by atoms with Gasteiger partial charge in [-0.3, -0.25) is 9.89 Å². The second kappa shape index (κ2) is 11.0. The van der Waals surface area contributed by atoms with Crippen LogP contribution in [0.2, 0.25) is 0 Å². The summed E-state index contributed by atoms with van der Waals surface area (Å²) in [5, 5.41) is 19.1. The van der Waals surface area contributed by atoms with E-state index in [2.05, 4.69) is 38.4 Å². The van der Waals surface area contributed by atoms with E-state index in [0.717, 1.165) is 16.8 Å². The first kappa shape index (κ1) is 24.7. The summed E-state index contributed by atoms with van der Waals surface area (Å²) in [6.45, 7) is 0.157. The summed E-state index contributed by atoms with van der Waals surface area (Å²) in [6.07, 6.45) is 0.539. The van der Waals surface area contributed by atoms with Gasteiger partial charge in [-0.25, -0.2) is 4.98 Å². The van der Waals surface area contributed by atoms with Crippen molar-refractivity contribution in [1.29, 1.82) is 5.26 Å². The van der Waals surface area contributed by atoms with Gasteiger partial charge in [-0.15, -0.1) is 5.10 Å². The van der Waals surface area contributed by atoms with Crippen molar-refractivity contribution in [2.45, 2.75) is 12.5 Å². The topological polar surface area (TPSA) is 107 Å². The number of rotatable bonds is 4. The molecule has 1 aromatic heterocycles. The van der Waals surface area contributed by atoms with Gasteiger partial charge in [0.25, 0.3) is 5.91 Å². The van der Waals surface area contributed by atoms with Crippen LogP contribution in [0.5, 0.6) is 5.75 Å². The molecule has 8 nitrogen and oxygen atoms in total. The summed E-state index contributed by atoms with van der Waals surface area (Å²) in [5.41, 5.74) is 3.71. The van der Waals surface area contributed by atoms with Crippen molar-refractivity contribution in [2.75, 3.05) is 18.6 Å². The lowest BCUT2D eigenvalue weighted by Gasteiger charge is -2.23. The molecule has 38 heavy (non-hydrogen) atoms. The number of hydrogen-bond donors (Lipinski definition) is 2. The van der Waals surface area contributed by atoms with Crippen LogP contribution in [0.3, 0.4) is 0 Å². The van der Waals surface area contributed by atoms with Crippen molar-refractivity contribution in [3.8, 4) is 23.7 Å². The fourth-order valence-corrected chi connectivity index (χ4v) is 4.22. The number of carbonyl (C=O) groups excluding carboxylic acids is 1. The highest BCUT2D eigenvalue weighted by atomic mass is 32.1. The van der Waals surface area contributed by atoms with Crippen LogP contribution in [0.4, 0.5) is 5.69 Å². The lowest BCUT2D eigenvalue weighted by Crippen LogP contribution is -2.48. The van der Waals surface area contributed by atoms with Gasteiger partial charge in [0.05, 0.1) is 11.3 Å². The van der Waals surface area contributed by atoms with Crippen LogP contribution < -0.4 is 15.0 Å². The number of thiocarbonyl (C=S) groups is 1. The van der Waals surface area contributed by atoms with Crippen LogP contribution in [-0.4, -0.2) is 45.8 Å². The van der Waals surface area contributed by atoms with Crippen molar-refractivity contribution in [3.63, 3.8) is 0 Å². The van der Waals surface area contributed by atoms with Gasteiger partial charge in [-0.2, -0.15) is 5.26 Å². The number of aromatic amines is 1. The molecule has 1 amide bonds. The molecule has 0 radical (unpaired) electrons. The number of H-pyrrole nitrogens is 1. The first-order valence-electron chi connectivity index (χ1n) is 11.8. The summed E-state index contributed by atoms with van der Waals surface area (Å²) >= 11 is 5.70. The van der Waals surface area contributed by atoms with E-state index < -0.39 is 11.9 Å². The molecule has 0 spiro atoms. The molecular formula is C29H22N6O2S. The second-order valence-corrected chi connectivity index (χ2v) is 9.01. The summed E-state index contributed by atoms with van der Waals surface area (Å²) in [5.74, 6) is 6.98. The molecule has 2 heterocycles. The minimum absolute atomic E-state index is 0.0401. The van der Waals surface area contributed by atoms with Gasteiger partial charge in [0, 0.05) is 24.6 Å². The number of hydrogen-bond acceptors (Lipinski definition) is 6.